The lowest BCUT2D eigenvalue weighted by molar-refractivity contribution is -0.140. The van der Waals surface area contributed by atoms with Gasteiger partial charge in [0.2, 0.25) is 0 Å². The normalized spacial score (nSPS) is 20.3. The van der Waals surface area contributed by atoms with Gasteiger partial charge in [-0.2, -0.15) is 0 Å². The van der Waals surface area contributed by atoms with Gasteiger partial charge in [-0.1, -0.05) is 6.07 Å². The fraction of sp³-hybridized carbons (Fsp3) is 0.562. The molecule has 0 spiro atoms. The van der Waals surface area contributed by atoms with Crippen LogP contribution in [0.4, 0.5) is 4.39 Å². The quantitative estimate of drug-likeness (QED) is 0.681. The zero-order valence-corrected chi connectivity index (χ0v) is 14.1. The summed E-state index contributed by atoms with van der Waals surface area (Å²) in [5.74, 6) is -2.21. The maximum Gasteiger partial charge on any atom is 0.466 e. The second-order valence-corrected chi connectivity index (χ2v) is 6.68. The molecule has 1 aliphatic heterocycles. The van der Waals surface area contributed by atoms with Crippen LogP contribution in [0.2, 0.25) is 0 Å². The summed E-state index contributed by atoms with van der Waals surface area (Å²) in [6.07, 6.45) is -0.165. The van der Waals surface area contributed by atoms with Gasteiger partial charge >= 0.3 is 13.1 Å². The average molecular weight is 324 g/mol. The first-order chi connectivity index (χ1) is 10.6. The van der Waals surface area contributed by atoms with Gasteiger partial charge in [0.1, 0.15) is 11.6 Å². The molecule has 1 aromatic rings. The van der Waals surface area contributed by atoms with E-state index in [2.05, 4.69) is 0 Å². The van der Waals surface area contributed by atoms with Crippen LogP contribution in [-0.2, 0) is 18.8 Å². The molecule has 5 nitrogen and oxygen atoms in total. The molecule has 1 saturated heterocycles. The van der Waals surface area contributed by atoms with Crippen molar-refractivity contribution < 1.29 is 28.3 Å². The molecule has 0 aliphatic carbocycles. The van der Waals surface area contributed by atoms with Gasteiger partial charge in [0.15, 0.2) is 0 Å². The van der Waals surface area contributed by atoms with E-state index in [1.54, 1.807) is 0 Å². The number of rotatable bonds is 4. The van der Waals surface area contributed by atoms with Crippen molar-refractivity contribution in [3.8, 4) is 5.75 Å². The highest BCUT2D eigenvalue weighted by Gasteiger charge is 2.55. The third kappa shape index (κ3) is 3.35. The van der Waals surface area contributed by atoms with E-state index in [0.717, 1.165) is 0 Å². The summed E-state index contributed by atoms with van der Waals surface area (Å²) in [6, 6.07) is 3.99. The smallest absolute Gasteiger partial charge is 0.466 e. The number of benzene rings is 1. The molecule has 1 fully saturated rings. The Labute approximate surface area is 135 Å². The van der Waals surface area contributed by atoms with E-state index in [9.17, 15) is 14.3 Å². The van der Waals surface area contributed by atoms with Crippen molar-refractivity contribution in [1.82, 2.24) is 0 Å². The number of hydrogen-bond acceptors (Lipinski definition) is 5. The molecule has 23 heavy (non-hydrogen) atoms. The standard InChI is InChI=1S/C16H22BFO5/c1-15(2)16(3,4)23-17(22-15)10(9-13(20)21-5)14-11(18)7-6-8-12(14)19/h6-8,10,19H,9H2,1-5H3. The van der Waals surface area contributed by atoms with Gasteiger partial charge in [0.05, 0.1) is 24.7 Å². The first-order valence-electron chi connectivity index (χ1n) is 7.49. The van der Waals surface area contributed by atoms with E-state index in [1.165, 1.54) is 25.3 Å². The second-order valence-electron chi connectivity index (χ2n) is 6.68. The molecule has 126 valence electrons. The SMILES string of the molecule is COC(=O)CC(B1OC(C)(C)C(C)(C)O1)c1c(O)cccc1F. The number of halogens is 1. The van der Waals surface area contributed by atoms with E-state index in [0.29, 0.717) is 0 Å². The molecule has 1 atom stereocenters. The highest BCUT2D eigenvalue weighted by molar-refractivity contribution is 6.48. The molecular formula is C16H22BFO5. The minimum atomic E-state index is -0.873. The lowest BCUT2D eigenvalue weighted by Crippen LogP contribution is -2.41. The van der Waals surface area contributed by atoms with Gasteiger partial charge in [-0.25, -0.2) is 4.39 Å². The van der Waals surface area contributed by atoms with E-state index in [4.69, 9.17) is 14.0 Å². The van der Waals surface area contributed by atoms with Crippen molar-refractivity contribution in [2.75, 3.05) is 7.11 Å². The topological polar surface area (TPSA) is 65.0 Å². The molecule has 2 rings (SSSR count). The lowest BCUT2D eigenvalue weighted by atomic mass is 9.65. The first kappa shape index (κ1) is 17.8. The van der Waals surface area contributed by atoms with Crippen LogP contribution in [-0.4, -0.2) is 36.5 Å². The second kappa shape index (κ2) is 6.13. The van der Waals surface area contributed by atoms with Crippen LogP contribution in [0.3, 0.4) is 0 Å². The van der Waals surface area contributed by atoms with Crippen LogP contribution in [0.15, 0.2) is 18.2 Å². The molecule has 1 aromatic carbocycles. The van der Waals surface area contributed by atoms with Crippen molar-refractivity contribution in [2.45, 2.75) is 51.1 Å². The van der Waals surface area contributed by atoms with Crippen molar-refractivity contribution in [3.05, 3.63) is 29.6 Å². The molecule has 1 N–H and O–H groups in total. The molecule has 1 unspecified atom stereocenters. The summed E-state index contributed by atoms with van der Waals surface area (Å²) in [5, 5.41) is 10.1. The Morgan fingerprint density at radius 2 is 1.87 bits per heavy atom. The predicted molar refractivity (Wildman–Crippen MR) is 83.5 cm³/mol. The first-order valence-corrected chi connectivity index (χ1v) is 7.49. The van der Waals surface area contributed by atoms with Gasteiger partial charge in [-0.3, -0.25) is 4.79 Å². The van der Waals surface area contributed by atoms with Crippen LogP contribution < -0.4 is 0 Å². The Morgan fingerprint density at radius 1 is 1.30 bits per heavy atom. The molecule has 0 saturated carbocycles. The maximum absolute atomic E-state index is 14.3. The summed E-state index contributed by atoms with van der Waals surface area (Å²) < 4.78 is 30.8. The molecule has 0 radical (unpaired) electrons. The summed E-state index contributed by atoms with van der Waals surface area (Å²) in [7, 11) is 0.382. The minimum absolute atomic E-state index is 0.00333. The van der Waals surface area contributed by atoms with Crippen molar-refractivity contribution in [1.29, 1.82) is 0 Å². The van der Waals surface area contributed by atoms with Crippen molar-refractivity contribution in [2.24, 2.45) is 0 Å². The fourth-order valence-corrected chi connectivity index (χ4v) is 2.54. The molecular weight excluding hydrogens is 302 g/mol. The number of phenolic OH excluding ortho intramolecular Hbond substituents is 1. The summed E-state index contributed by atoms with van der Waals surface area (Å²) in [5.41, 5.74) is -1.27. The Balaban J connectivity index is 2.42. The number of carbonyl (C=O) groups excluding carboxylic acids is 1. The molecule has 0 aromatic heterocycles. The Hall–Kier alpha value is -1.60. The predicted octanol–water partition coefficient (Wildman–Crippen LogP) is 2.81. The molecule has 7 heteroatoms. The minimum Gasteiger partial charge on any atom is -0.508 e. The van der Waals surface area contributed by atoms with E-state index >= 15 is 0 Å². The average Bonchev–Trinajstić information content (AvgIpc) is 2.65. The highest BCUT2D eigenvalue weighted by atomic mass is 19.1. The fourth-order valence-electron chi connectivity index (χ4n) is 2.54. The van der Waals surface area contributed by atoms with Gasteiger partial charge in [-0.15, -0.1) is 0 Å². The molecule has 1 aliphatic rings. The highest BCUT2D eigenvalue weighted by Crippen LogP contribution is 2.43. The van der Waals surface area contributed by atoms with Crippen LogP contribution >= 0.6 is 0 Å². The van der Waals surface area contributed by atoms with E-state index in [1.807, 2.05) is 27.7 Å². The Bertz CT molecular complexity index is 566. The third-order valence-corrected chi connectivity index (χ3v) is 4.61. The van der Waals surface area contributed by atoms with Crippen LogP contribution in [0.5, 0.6) is 5.75 Å². The van der Waals surface area contributed by atoms with Crippen LogP contribution in [0.1, 0.15) is 45.5 Å². The number of hydrogen-bond donors (Lipinski definition) is 1. The van der Waals surface area contributed by atoms with Gasteiger partial charge < -0.3 is 19.2 Å². The van der Waals surface area contributed by atoms with Crippen LogP contribution in [0.25, 0.3) is 0 Å². The van der Waals surface area contributed by atoms with Crippen molar-refractivity contribution >= 4 is 13.1 Å². The molecule has 0 amide bonds. The number of methoxy groups -OCH3 is 1. The zero-order chi connectivity index (χ0) is 17.4. The van der Waals surface area contributed by atoms with Crippen molar-refractivity contribution in [3.63, 3.8) is 0 Å². The molecule has 0 bridgehead atoms. The van der Waals surface area contributed by atoms with Gasteiger partial charge in [-0.05, 0) is 39.8 Å². The van der Waals surface area contributed by atoms with Crippen LogP contribution in [0, 0.1) is 5.82 Å². The summed E-state index contributed by atoms with van der Waals surface area (Å²) in [6.45, 7) is 7.46. The number of esters is 1. The third-order valence-electron chi connectivity index (χ3n) is 4.61. The largest absolute Gasteiger partial charge is 0.508 e. The lowest BCUT2D eigenvalue weighted by Gasteiger charge is -2.32. The maximum atomic E-state index is 14.3. The Morgan fingerprint density at radius 3 is 2.35 bits per heavy atom. The van der Waals surface area contributed by atoms with E-state index in [-0.39, 0.29) is 17.7 Å². The number of ether oxygens (including phenoxy) is 1. The van der Waals surface area contributed by atoms with E-state index < -0.39 is 35.9 Å². The van der Waals surface area contributed by atoms with Gasteiger partial charge in [0, 0.05) is 11.4 Å². The number of carbonyl (C=O) groups is 1. The monoisotopic (exact) mass is 324 g/mol. The number of phenols is 1. The number of aromatic hydroxyl groups is 1. The molecule has 1 heterocycles. The summed E-state index contributed by atoms with van der Waals surface area (Å²) >= 11 is 0. The summed E-state index contributed by atoms with van der Waals surface area (Å²) in [4.78, 5) is 11.8. The Kier molecular flexibility index (Phi) is 4.73. The zero-order valence-electron chi connectivity index (χ0n) is 14.1. The van der Waals surface area contributed by atoms with Gasteiger partial charge in [0.25, 0.3) is 0 Å².